The van der Waals surface area contributed by atoms with Crippen LogP contribution < -0.4 is 20.5 Å². The van der Waals surface area contributed by atoms with E-state index in [0.717, 1.165) is 27.4 Å². The molecule has 0 bridgehead atoms. The molecule has 0 fully saturated rings. The molecule has 2 heterocycles. The molecule has 4 rings (SSSR count). The van der Waals surface area contributed by atoms with Crippen molar-refractivity contribution in [3.8, 4) is 22.8 Å². The predicted molar refractivity (Wildman–Crippen MR) is 114 cm³/mol. The van der Waals surface area contributed by atoms with Crippen molar-refractivity contribution in [3.63, 3.8) is 0 Å². The summed E-state index contributed by atoms with van der Waals surface area (Å²) in [6.07, 6.45) is 0. The minimum Gasteiger partial charge on any atom is -0.493 e. The Morgan fingerprint density at radius 1 is 1.07 bits per heavy atom. The number of pyridine rings is 1. The number of aromatic nitrogens is 2. The van der Waals surface area contributed by atoms with E-state index in [2.05, 4.69) is 15.3 Å². The number of fused-ring (bicyclic) bond motifs is 3. The first kappa shape index (κ1) is 18.8. The number of methoxy groups -OCH3 is 2. The van der Waals surface area contributed by atoms with Crippen LogP contribution in [0.15, 0.2) is 48.5 Å². The lowest BCUT2D eigenvalue weighted by Gasteiger charge is -2.11. The van der Waals surface area contributed by atoms with E-state index in [1.807, 2.05) is 48.5 Å². The third-order valence-corrected chi connectivity index (χ3v) is 4.82. The van der Waals surface area contributed by atoms with Crippen LogP contribution in [-0.4, -0.2) is 43.2 Å². The molecule has 29 heavy (non-hydrogen) atoms. The van der Waals surface area contributed by atoms with Gasteiger partial charge in [-0.3, -0.25) is 4.79 Å². The van der Waals surface area contributed by atoms with Crippen molar-refractivity contribution in [2.45, 2.75) is 0 Å². The van der Waals surface area contributed by atoms with Gasteiger partial charge in [0.1, 0.15) is 5.69 Å². The van der Waals surface area contributed by atoms with Gasteiger partial charge < -0.3 is 25.5 Å². The Labute approximate surface area is 167 Å². The molecular formula is C22H22N4O3. The summed E-state index contributed by atoms with van der Waals surface area (Å²) >= 11 is 0. The number of amides is 1. The number of hydrogen-bond acceptors (Lipinski definition) is 5. The average Bonchev–Trinajstić information content (AvgIpc) is 3.15. The molecule has 0 saturated carbocycles. The third kappa shape index (κ3) is 3.36. The Bertz CT molecular complexity index is 1200. The number of nitrogens with two attached hydrogens (primary N) is 1. The zero-order valence-corrected chi connectivity index (χ0v) is 16.3. The standard InChI is InChI=1S/C22H22N4O3/c1-28-18-8-7-13(11-19(18)29-2)20-21-15(14-5-3-4-6-16(14)25-21)12-17(26-20)22(27)24-10-9-23/h3-8,11-12,25H,9-10,23H2,1-2H3,(H,24,27). The number of benzene rings is 2. The minimum atomic E-state index is -0.260. The van der Waals surface area contributed by atoms with Gasteiger partial charge in [-0.15, -0.1) is 0 Å². The highest BCUT2D eigenvalue weighted by atomic mass is 16.5. The van der Waals surface area contributed by atoms with Gasteiger partial charge in [0.15, 0.2) is 11.5 Å². The zero-order chi connectivity index (χ0) is 20.4. The van der Waals surface area contributed by atoms with E-state index in [9.17, 15) is 4.79 Å². The van der Waals surface area contributed by atoms with Gasteiger partial charge in [0.05, 0.1) is 25.4 Å². The molecule has 0 aliphatic carbocycles. The van der Waals surface area contributed by atoms with E-state index in [4.69, 9.17) is 15.2 Å². The fraction of sp³-hybridized carbons (Fsp3) is 0.182. The molecule has 2 aromatic carbocycles. The maximum Gasteiger partial charge on any atom is 0.269 e. The van der Waals surface area contributed by atoms with Gasteiger partial charge in [-0.25, -0.2) is 4.98 Å². The highest BCUT2D eigenvalue weighted by Crippen LogP contribution is 2.36. The van der Waals surface area contributed by atoms with Crippen molar-refractivity contribution >= 4 is 27.7 Å². The first-order chi connectivity index (χ1) is 14.2. The Balaban J connectivity index is 1.97. The van der Waals surface area contributed by atoms with E-state index in [1.54, 1.807) is 14.2 Å². The molecule has 1 amide bonds. The van der Waals surface area contributed by atoms with Gasteiger partial charge >= 0.3 is 0 Å². The van der Waals surface area contributed by atoms with Gasteiger partial charge in [-0.1, -0.05) is 18.2 Å². The fourth-order valence-corrected chi connectivity index (χ4v) is 3.43. The summed E-state index contributed by atoms with van der Waals surface area (Å²) in [6.45, 7) is 0.752. The van der Waals surface area contributed by atoms with Crippen molar-refractivity contribution in [3.05, 3.63) is 54.2 Å². The van der Waals surface area contributed by atoms with E-state index < -0.39 is 0 Å². The van der Waals surface area contributed by atoms with Crippen molar-refractivity contribution in [1.29, 1.82) is 0 Å². The second-order valence-corrected chi connectivity index (χ2v) is 6.56. The number of nitrogens with one attached hydrogen (secondary N) is 2. The number of rotatable bonds is 6. The van der Waals surface area contributed by atoms with E-state index >= 15 is 0 Å². The molecular weight excluding hydrogens is 368 g/mol. The fourth-order valence-electron chi connectivity index (χ4n) is 3.43. The number of H-pyrrole nitrogens is 1. The Morgan fingerprint density at radius 2 is 1.86 bits per heavy atom. The van der Waals surface area contributed by atoms with Gasteiger partial charge in [0.25, 0.3) is 5.91 Å². The minimum absolute atomic E-state index is 0.260. The van der Waals surface area contributed by atoms with Crippen molar-refractivity contribution in [1.82, 2.24) is 15.3 Å². The Kier molecular flexibility index (Phi) is 5.05. The molecule has 0 saturated heterocycles. The molecule has 7 heteroatoms. The maximum absolute atomic E-state index is 12.6. The first-order valence-electron chi connectivity index (χ1n) is 9.28. The van der Waals surface area contributed by atoms with Crippen LogP contribution in [0.3, 0.4) is 0 Å². The van der Waals surface area contributed by atoms with E-state index in [0.29, 0.717) is 36.0 Å². The summed E-state index contributed by atoms with van der Waals surface area (Å²) < 4.78 is 10.8. The van der Waals surface area contributed by atoms with Crippen LogP contribution in [0.2, 0.25) is 0 Å². The number of nitrogens with zero attached hydrogens (tertiary/aromatic N) is 1. The normalized spacial score (nSPS) is 11.0. The molecule has 148 valence electrons. The first-order valence-corrected chi connectivity index (χ1v) is 9.28. The summed E-state index contributed by atoms with van der Waals surface area (Å²) in [5, 5.41) is 4.75. The van der Waals surface area contributed by atoms with Gasteiger partial charge in [0, 0.05) is 34.9 Å². The number of carbonyl (C=O) groups is 1. The Hall–Kier alpha value is -3.58. The van der Waals surface area contributed by atoms with Crippen molar-refractivity contribution in [2.75, 3.05) is 27.3 Å². The molecule has 0 radical (unpaired) electrons. The maximum atomic E-state index is 12.6. The lowest BCUT2D eigenvalue weighted by atomic mass is 10.1. The smallest absolute Gasteiger partial charge is 0.269 e. The number of hydrogen-bond donors (Lipinski definition) is 3. The quantitative estimate of drug-likeness (QED) is 0.470. The molecule has 0 spiro atoms. The van der Waals surface area contributed by atoms with Crippen LogP contribution in [-0.2, 0) is 0 Å². The summed E-state index contributed by atoms with van der Waals surface area (Å²) in [4.78, 5) is 20.7. The number of carbonyl (C=O) groups excluding carboxylic acids is 1. The summed E-state index contributed by atoms with van der Waals surface area (Å²) in [5.41, 5.74) is 9.16. The molecule has 0 aliphatic heterocycles. The van der Waals surface area contributed by atoms with E-state index in [1.165, 1.54) is 0 Å². The number of para-hydroxylation sites is 1. The topological polar surface area (TPSA) is 102 Å². The second kappa shape index (κ2) is 7.81. The molecule has 4 aromatic rings. The van der Waals surface area contributed by atoms with Crippen LogP contribution in [0.5, 0.6) is 11.5 Å². The number of aromatic amines is 1. The Morgan fingerprint density at radius 3 is 2.62 bits per heavy atom. The molecule has 0 atom stereocenters. The van der Waals surface area contributed by atoms with Crippen LogP contribution >= 0.6 is 0 Å². The van der Waals surface area contributed by atoms with Gasteiger partial charge in [-0.2, -0.15) is 0 Å². The van der Waals surface area contributed by atoms with Crippen LogP contribution in [0.25, 0.3) is 33.1 Å². The molecule has 0 unspecified atom stereocenters. The largest absolute Gasteiger partial charge is 0.493 e. The van der Waals surface area contributed by atoms with E-state index in [-0.39, 0.29) is 5.91 Å². The van der Waals surface area contributed by atoms with Crippen molar-refractivity contribution in [2.24, 2.45) is 5.73 Å². The summed E-state index contributed by atoms with van der Waals surface area (Å²) in [7, 11) is 3.18. The molecule has 0 aliphatic rings. The van der Waals surface area contributed by atoms with Crippen LogP contribution in [0, 0.1) is 0 Å². The third-order valence-electron chi connectivity index (χ3n) is 4.82. The molecule has 2 aromatic heterocycles. The van der Waals surface area contributed by atoms with Gasteiger partial charge in [0.2, 0.25) is 0 Å². The lowest BCUT2D eigenvalue weighted by molar-refractivity contribution is 0.0950. The second-order valence-electron chi connectivity index (χ2n) is 6.56. The highest BCUT2D eigenvalue weighted by molar-refractivity contribution is 6.13. The predicted octanol–water partition coefficient (Wildman–Crippen LogP) is 3.09. The summed E-state index contributed by atoms with van der Waals surface area (Å²) in [6, 6.07) is 15.4. The lowest BCUT2D eigenvalue weighted by Crippen LogP contribution is -2.29. The van der Waals surface area contributed by atoms with Gasteiger partial charge in [-0.05, 0) is 30.3 Å². The molecule has 4 N–H and O–H groups in total. The van der Waals surface area contributed by atoms with Crippen LogP contribution in [0.1, 0.15) is 10.5 Å². The highest BCUT2D eigenvalue weighted by Gasteiger charge is 2.18. The zero-order valence-electron chi connectivity index (χ0n) is 16.3. The molecule has 7 nitrogen and oxygen atoms in total. The van der Waals surface area contributed by atoms with Crippen LogP contribution in [0.4, 0.5) is 0 Å². The number of ether oxygens (including phenoxy) is 2. The summed E-state index contributed by atoms with van der Waals surface area (Å²) in [5.74, 6) is 0.958. The average molecular weight is 390 g/mol. The van der Waals surface area contributed by atoms with Crippen molar-refractivity contribution < 1.29 is 14.3 Å². The monoisotopic (exact) mass is 390 g/mol. The SMILES string of the molecule is COc1ccc(-c2nc(C(=O)NCCN)cc3c2[nH]c2ccccc23)cc1OC.